The molecule has 0 amide bonds. The molecule has 0 fully saturated rings. The maximum absolute atomic E-state index is 5.68. The van der Waals surface area contributed by atoms with Gasteiger partial charge in [0.1, 0.15) is 5.76 Å². The molecule has 0 spiro atoms. The van der Waals surface area contributed by atoms with E-state index in [1.54, 1.807) is 6.26 Å². The smallest absolute Gasteiger partial charge is 0.139 e. The van der Waals surface area contributed by atoms with Crippen molar-refractivity contribution in [3.63, 3.8) is 0 Å². The number of hydrogen-bond acceptors (Lipinski definition) is 2. The van der Waals surface area contributed by atoms with Crippen LogP contribution in [-0.4, -0.2) is 6.54 Å². The predicted molar refractivity (Wildman–Crippen MR) is 90.5 cm³/mol. The second-order valence-electron chi connectivity index (χ2n) is 5.13. The maximum Gasteiger partial charge on any atom is 0.139 e. The second kappa shape index (κ2) is 6.46. The van der Waals surface area contributed by atoms with Crippen LogP contribution in [0.3, 0.4) is 0 Å². The average Bonchev–Trinajstić information content (AvgIpc) is 2.94. The van der Waals surface area contributed by atoms with Gasteiger partial charge < -0.3 is 9.73 Å². The first-order valence-electron chi connectivity index (χ1n) is 7.24. The summed E-state index contributed by atoms with van der Waals surface area (Å²) in [7, 11) is 0. The lowest BCUT2D eigenvalue weighted by molar-refractivity contribution is 0.444. The first kappa shape index (κ1) is 14.4. The Morgan fingerprint density at radius 2 is 1.90 bits per heavy atom. The maximum atomic E-state index is 5.68. The standard InChI is InChI=1S/C18H18BrNO/c1-2-10-20-17(18-16(19)9-11-21-18)15-8-7-13-5-3-4-6-14(13)12-15/h3-9,11-12,17,20H,2,10H2,1H3. The fourth-order valence-corrected chi connectivity index (χ4v) is 2.98. The predicted octanol–water partition coefficient (Wildman–Crippen LogP) is 5.28. The van der Waals surface area contributed by atoms with Crippen molar-refractivity contribution in [1.29, 1.82) is 0 Å². The Morgan fingerprint density at radius 3 is 2.62 bits per heavy atom. The first-order valence-corrected chi connectivity index (χ1v) is 8.04. The Bertz CT molecular complexity index is 735. The number of furan rings is 1. The molecule has 0 aliphatic carbocycles. The summed E-state index contributed by atoms with van der Waals surface area (Å²) in [6.07, 6.45) is 2.81. The van der Waals surface area contributed by atoms with Crippen LogP contribution in [0, 0.1) is 0 Å². The third kappa shape index (κ3) is 3.04. The van der Waals surface area contributed by atoms with E-state index in [9.17, 15) is 0 Å². The van der Waals surface area contributed by atoms with Crippen molar-refractivity contribution in [2.45, 2.75) is 19.4 Å². The number of nitrogens with one attached hydrogen (secondary N) is 1. The fraction of sp³-hybridized carbons (Fsp3) is 0.222. The summed E-state index contributed by atoms with van der Waals surface area (Å²) in [5.41, 5.74) is 1.22. The van der Waals surface area contributed by atoms with Gasteiger partial charge in [0, 0.05) is 0 Å². The molecular weight excluding hydrogens is 326 g/mol. The van der Waals surface area contributed by atoms with Crippen LogP contribution in [0.25, 0.3) is 10.8 Å². The first-order chi connectivity index (χ1) is 10.3. The van der Waals surface area contributed by atoms with Gasteiger partial charge in [-0.1, -0.05) is 43.3 Å². The zero-order chi connectivity index (χ0) is 14.7. The summed E-state index contributed by atoms with van der Waals surface area (Å²) in [6.45, 7) is 3.12. The van der Waals surface area contributed by atoms with Gasteiger partial charge in [0.15, 0.2) is 0 Å². The molecule has 2 nitrogen and oxygen atoms in total. The van der Waals surface area contributed by atoms with Crippen molar-refractivity contribution in [3.8, 4) is 0 Å². The molecule has 3 aromatic rings. The van der Waals surface area contributed by atoms with E-state index < -0.39 is 0 Å². The number of rotatable bonds is 5. The monoisotopic (exact) mass is 343 g/mol. The molecular formula is C18H18BrNO. The minimum Gasteiger partial charge on any atom is -0.466 e. The summed E-state index contributed by atoms with van der Waals surface area (Å²) in [4.78, 5) is 0. The van der Waals surface area contributed by atoms with Gasteiger partial charge in [-0.2, -0.15) is 0 Å². The van der Waals surface area contributed by atoms with Crippen LogP contribution in [0.2, 0.25) is 0 Å². The van der Waals surface area contributed by atoms with Crippen molar-refractivity contribution < 1.29 is 4.42 Å². The van der Waals surface area contributed by atoms with Crippen molar-refractivity contribution in [3.05, 3.63) is 70.6 Å². The number of hydrogen-bond donors (Lipinski definition) is 1. The van der Waals surface area contributed by atoms with Crippen molar-refractivity contribution >= 4 is 26.7 Å². The molecule has 1 heterocycles. The highest BCUT2D eigenvalue weighted by atomic mass is 79.9. The lowest BCUT2D eigenvalue weighted by Gasteiger charge is -2.18. The van der Waals surface area contributed by atoms with Crippen LogP contribution < -0.4 is 5.32 Å². The molecule has 0 saturated heterocycles. The molecule has 3 rings (SSSR count). The summed E-state index contributed by atoms with van der Waals surface area (Å²) < 4.78 is 6.68. The molecule has 1 atom stereocenters. The summed E-state index contributed by atoms with van der Waals surface area (Å²) >= 11 is 3.57. The molecule has 0 aliphatic rings. The zero-order valence-electron chi connectivity index (χ0n) is 12.0. The highest BCUT2D eigenvalue weighted by Gasteiger charge is 2.19. The third-order valence-electron chi connectivity index (χ3n) is 3.61. The van der Waals surface area contributed by atoms with E-state index in [1.165, 1.54) is 16.3 Å². The molecule has 21 heavy (non-hydrogen) atoms. The van der Waals surface area contributed by atoms with Crippen LogP contribution in [0.1, 0.15) is 30.7 Å². The molecule has 0 saturated carbocycles. The van der Waals surface area contributed by atoms with Crippen molar-refractivity contribution in [2.24, 2.45) is 0 Å². The van der Waals surface area contributed by atoms with Crippen LogP contribution in [-0.2, 0) is 0 Å². The molecule has 0 aliphatic heterocycles. The lowest BCUT2D eigenvalue weighted by atomic mass is 10.00. The van der Waals surface area contributed by atoms with Gasteiger partial charge in [0.05, 0.1) is 16.8 Å². The Kier molecular flexibility index (Phi) is 4.42. The highest BCUT2D eigenvalue weighted by molar-refractivity contribution is 9.10. The van der Waals surface area contributed by atoms with E-state index in [4.69, 9.17) is 4.42 Å². The lowest BCUT2D eigenvalue weighted by Crippen LogP contribution is -2.23. The number of fused-ring (bicyclic) bond motifs is 1. The molecule has 1 unspecified atom stereocenters. The van der Waals surface area contributed by atoms with Crippen molar-refractivity contribution in [2.75, 3.05) is 6.54 Å². The third-order valence-corrected chi connectivity index (χ3v) is 4.27. The molecule has 1 N–H and O–H groups in total. The van der Waals surface area contributed by atoms with Gasteiger partial charge in [0.2, 0.25) is 0 Å². The van der Waals surface area contributed by atoms with E-state index >= 15 is 0 Å². The Labute approximate surface area is 133 Å². The van der Waals surface area contributed by atoms with E-state index in [0.29, 0.717) is 0 Å². The molecule has 1 aromatic heterocycles. The molecule has 0 radical (unpaired) electrons. The minimum atomic E-state index is 0.0685. The Morgan fingerprint density at radius 1 is 1.10 bits per heavy atom. The van der Waals surface area contributed by atoms with Crippen LogP contribution >= 0.6 is 15.9 Å². The van der Waals surface area contributed by atoms with E-state index in [-0.39, 0.29) is 6.04 Å². The average molecular weight is 344 g/mol. The van der Waals surface area contributed by atoms with E-state index in [2.05, 4.69) is 70.6 Å². The van der Waals surface area contributed by atoms with Gasteiger partial charge >= 0.3 is 0 Å². The molecule has 2 aromatic carbocycles. The van der Waals surface area contributed by atoms with Crippen LogP contribution in [0.5, 0.6) is 0 Å². The van der Waals surface area contributed by atoms with Crippen LogP contribution in [0.15, 0.2) is 63.7 Å². The Hall–Kier alpha value is -1.58. The van der Waals surface area contributed by atoms with Gasteiger partial charge in [0.25, 0.3) is 0 Å². The van der Waals surface area contributed by atoms with Crippen LogP contribution in [0.4, 0.5) is 0 Å². The van der Waals surface area contributed by atoms with Gasteiger partial charge in [-0.3, -0.25) is 0 Å². The normalized spacial score (nSPS) is 12.7. The van der Waals surface area contributed by atoms with Gasteiger partial charge in [-0.25, -0.2) is 0 Å². The number of halogens is 1. The summed E-state index contributed by atoms with van der Waals surface area (Å²) in [5.74, 6) is 0.929. The molecule has 0 bridgehead atoms. The minimum absolute atomic E-state index is 0.0685. The quantitative estimate of drug-likeness (QED) is 0.681. The largest absolute Gasteiger partial charge is 0.466 e. The summed E-state index contributed by atoms with van der Waals surface area (Å²) in [6, 6.07) is 17.0. The topological polar surface area (TPSA) is 25.2 Å². The molecule has 3 heteroatoms. The highest BCUT2D eigenvalue weighted by Crippen LogP contribution is 2.31. The zero-order valence-corrected chi connectivity index (χ0v) is 13.6. The SMILES string of the molecule is CCCNC(c1ccc2ccccc2c1)c1occc1Br. The van der Waals surface area contributed by atoms with E-state index in [1.807, 2.05) is 6.07 Å². The van der Waals surface area contributed by atoms with Gasteiger partial charge in [-0.15, -0.1) is 0 Å². The van der Waals surface area contributed by atoms with E-state index in [0.717, 1.165) is 23.2 Å². The molecule has 108 valence electrons. The fourth-order valence-electron chi connectivity index (χ4n) is 2.55. The summed E-state index contributed by atoms with van der Waals surface area (Å²) in [5, 5.41) is 6.08. The Balaban J connectivity index is 2.03. The van der Waals surface area contributed by atoms with Crippen molar-refractivity contribution in [1.82, 2.24) is 5.32 Å². The number of benzene rings is 2. The van der Waals surface area contributed by atoms with Gasteiger partial charge in [-0.05, 0) is 57.4 Å². The second-order valence-corrected chi connectivity index (χ2v) is 5.98.